The van der Waals surface area contributed by atoms with E-state index < -0.39 is 0 Å². The molecule has 1 atom stereocenters. The fraction of sp³-hybridized carbons (Fsp3) is 0.500. The molecule has 8 heteroatoms. The van der Waals surface area contributed by atoms with Crippen molar-refractivity contribution < 1.29 is 9.59 Å². The highest BCUT2D eigenvalue weighted by Crippen LogP contribution is 2.21. The Bertz CT molecular complexity index is 592. The van der Waals surface area contributed by atoms with Gasteiger partial charge in [-0.25, -0.2) is 0 Å². The van der Waals surface area contributed by atoms with Crippen LogP contribution < -0.4 is 5.32 Å². The Labute approximate surface area is 157 Å². The summed E-state index contributed by atoms with van der Waals surface area (Å²) < 4.78 is 0. The van der Waals surface area contributed by atoms with E-state index in [9.17, 15) is 9.59 Å². The number of rotatable bonds is 2. The zero-order chi connectivity index (χ0) is 16.4. The minimum atomic E-state index is -0.0968. The Kier molecular flexibility index (Phi) is 6.75. The topological polar surface area (TPSA) is 52.7 Å². The van der Waals surface area contributed by atoms with Gasteiger partial charge in [0.15, 0.2) is 0 Å². The van der Waals surface area contributed by atoms with Crippen LogP contribution in [-0.2, 0) is 4.79 Å². The highest BCUT2D eigenvalue weighted by molar-refractivity contribution is 6.35. The van der Waals surface area contributed by atoms with E-state index in [1.54, 1.807) is 23.1 Å². The van der Waals surface area contributed by atoms with Gasteiger partial charge >= 0.3 is 0 Å². The largest absolute Gasteiger partial charge is 0.338 e. The molecular weight excluding hydrogens is 373 g/mol. The third-order valence-electron chi connectivity index (χ3n) is 4.35. The second kappa shape index (κ2) is 8.39. The molecule has 2 heterocycles. The standard InChI is InChI=1S/C16H19Cl2N3O2.ClH/c17-12-8-11(9-13(18)10-12)15(22)20-4-6-21(7-5-20)16(23)14-2-1-3-19-14;/h8-10,14,19H,1-7H2;1H. The molecule has 2 aliphatic heterocycles. The molecule has 0 aromatic heterocycles. The first-order chi connectivity index (χ1) is 11.0. The molecule has 0 aliphatic carbocycles. The lowest BCUT2D eigenvalue weighted by atomic mass is 10.1. The van der Waals surface area contributed by atoms with Gasteiger partial charge in [0.25, 0.3) is 5.91 Å². The maximum absolute atomic E-state index is 12.5. The average molecular weight is 393 g/mol. The van der Waals surface area contributed by atoms with Crippen molar-refractivity contribution in [3.05, 3.63) is 33.8 Å². The molecule has 1 aromatic rings. The second-order valence-corrected chi connectivity index (χ2v) is 6.80. The van der Waals surface area contributed by atoms with Crippen LogP contribution in [0.5, 0.6) is 0 Å². The molecule has 132 valence electrons. The minimum absolute atomic E-state index is 0. The predicted molar refractivity (Wildman–Crippen MR) is 97.2 cm³/mol. The number of carbonyl (C=O) groups excluding carboxylic acids is 2. The number of carbonyl (C=O) groups is 2. The van der Waals surface area contributed by atoms with Crippen molar-refractivity contribution in [1.82, 2.24) is 15.1 Å². The predicted octanol–water partition coefficient (Wildman–Crippen LogP) is 2.45. The number of benzene rings is 1. The summed E-state index contributed by atoms with van der Waals surface area (Å²) in [7, 11) is 0. The lowest BCUT2D eigenvalue weighted by Gasteiger charge is -2.36. The highest BCUT2D eigenvalue weighted by atomic mass is 35.5. The molecular formula is C16H20Cl3N3O2. The molecule has 0 bridgehead atoms. The van der Waals surface area contributed by atoms with Crippen molar-refractivity contribution >= 4 is 47.4 Å². The number of piperazine rings is 1. The number of amides is 2. The molecule has 5 nitrogen and oxygen atoms in total. The van der Waals surface area contributed by atoms with Gasteiger partial charge in [-0.2, -0.15) is 0 Å². The van der Waals surface area contributed by atoms with Crippen LogP contribution in [-0.4, -0.2) is 60.4 Å². The van der Waals surface area contributed by atoms with E-state index in [0.29, 0.717) is 41.8 Å². The monoisotopic (exact) mass is 391 g/mol. The first-order valence-electron chi connectivity index (χ1n) is 7.82. The Hall–Kier alpha value is -1.01. The molecule has 0 saturated carbocycles. The zero-order valence-corrected chi connectivity index (χ0v) is 15.5. The molecule has 1 aromatic carbocycles. The second-order valence-electron chi connectivity index (χ2n) is 5.92. The maximum Gasteiger partial charge on any atom is 0.254 e. The van der Waals surface area contributed by atoms with Gasteiger partial charge < -0.3 is 15.1 Å². The fourth-order valence-electron chi connectivity index (χ4n) is 3.11. The van der Waals surface area contributed by atoms with Crippen LogP contribution in [0.25, 0.3) is 0 Å². The van der Waals surface area contributed by atoms with Crippen LogP contribution in [0.1, 0.15) is 23.2 Å². The first-order valence-corrected chi connectivity index (χ1v) is 8.58. The van der Waals surface area contributed by atoms with Crippen LogP contribution in [0.15, 0.2) is 18.2 Å². The molecule has 1 unspecified atom stereocenters. The molecule has 2 fully saturated rings. The summed E-state index contributed by atoms with van der Waals surface area (Å²) in [5.41, 5.74) is 0.486. The van der Waals surface area contributed by atoms with Gasteiger partial charge in [0.2, 0.25) is 5.91 Å². The normalized spacial score (nSPS) is 20.7. The Morgan fingerprint density at radius 2 is 1.58 bits per heavy atom. The molecule has 2 aliphatic rings. The summed E-state index contributed by atoms with van der Waals surface area (Å²) in [6.45, 7) is 3.10. The van der Waals surface area contributed by atoms with E-state index in [2.05, 4.69) is 5.32 Å². The van der Waals surface area contributed by atoms with Crippen molar-refractivity contribution in [1.29, 1.82) is 0 Å². The van der Waals surface area contributed by atoms with Gasteiger partial charge in [-0.3, -0.25) is 9.59 Å². The van der Waals surface area contributed by atoms with E-state index in [-0.39, 0.29) is 30.3 Å². The molecule has 1 N–H and O–H groups in total. The Morgan fingerprint density at radius 1 is 1.00 bits per heavy atom. The van der Waals surface area contributed by atoms with E-state index in [4.69, 9.17) is 23.2 Å². The van der Waals surface area contributed by atoms with Crippen molar-refractivity contribution in [2.45, 2.75) is 18.9 Å². The number of halogens is 3. The molecule has 24 heavy (non-hydrogen) atoms. The fourth-order valence-corrected chi connectivity index (χ4v) is 3.63. The molecule has 2 amide bonds. The van der Waals surface area contributed by atoms with Gasteiger partial charge in [-0.1, -0.05) is 23.2 Å². The molecule has 2 saturated heterocycles. The number of hydrogen-bond acceptors (Lipinski definition) is 3. The summed E-state index contributed by atoms with van der Waals surface area (Å²) in [4.78, 5) is 28.5. The summed E-state index contributed by atoms with van der Waals surface area (Å²) in [5, 5.41) is 4.12. The third-order valence-corrected chi connectivity index (χ3v) is 4.78. The molecule has 0 radical (unpaired) electrons. The summed E-state index contributed by atoms with van der Waals surface area (Å²) in [6.07, 6.45) is 1.95. The maximum atomic E-state index is 12.5. The molecule has 0 spiro atoms. The van der Waals surface area contributed by atoms with Gasteiger partial charge in [0.1, 0.15) is 0 Å². The van der Waals surface area contributed by atoms with Gasteiger partial charge in [-0.05, 0) is 37.6 Å². The van der Waals surface area contributed by atoms with Crippen molar-refractivity contribution in [3.63, 3.8) is 0 Å². The lowest BCUT2D eigenvalue weighted by molar-refractivity contribution is -0.134. The van der Waals surface area contributed by atoms with Gasteiger partial charge in [-0.15, -0.1) is 12.4 Å². The van der Waals surface area contributed by atoms with Crippen LogP contribution >= 0.6 is 35.6 Å². The lowest BCUT2D eigenvalue weighted by Crippen LogP contribution is -2.54. The van der Waals surface area contributed by atoms with Crippen LogP contribution in [0.3, 0.4) is 0 Å². The average Bonchev–Trinajstić information content (AvgIpc) is 3.07. The highest BCUT2D eigenvalue weighted by Gasteiger charge is 2.30. The Morgan fingerprint density at radius 3 is 2.12 bits per heavy atom. The number of hydrogen-bond donors (Lipinski definition) is 1. The van der Waals surface area contributed by atoms with Crippen molar-refractivity contribution in [3.8, 4) is 0 Å². The smallest absolute Gasteiger partial charge is 0.254 e. The summed E-state index contributed by atoms with van der Waals surface area (Å²) >= 11 is 11.9. The van der Waals surface area contributed by atoms with E-state index in [0.717, 1.165) is 19.4 Å². The quantitative estimate of drug-likeness (QED) is 0.841. The summed E-state index contributed by atoms with van der Waals surface area (Å²) in [6, 6.07) is 4.79. The van der Waals surface area contributed by atoms with Crippen molar-refractivity contribution in [2.75, 3.05) is 32.7 Å². The van der Waals surface area contributed by atoms with E-state index in [1.807, 2.05) is 4.90 Å². The van der Waals surface area contributed by atoms with Crippen LogP contribution in [0, 0.1) is 0 Å². The van der Waals surface area contributed by atoms with E-state index in [1.165, 1.54) is 0 Å². The SMILES string of the molecule is Cl.O=C(c1cc(Cl)cc(Cl)c1)N1CCN(C(=O)C2CCCN2)CC1. The zero-order valence-electron chi connectivity index (χ0n) is 13.1. The molecule has 3 rings (SSSR count). The van der Waals surface area contributed by atoms with E-state index >= 15 is 0 Å². The number of nitrogens with one attached hydrogen (secondary N) is 1. The minimum Gasteiger partial charge on any atom is -0.338 e. The number of nitrogens with zero attached hydrogens (tertiary/aromatic N) is 2. The third kappa shape index (κ3) is 4.33. The van der Waals surface area contributed by atoms with Crippen LogP contribution in [0.4, 0.5) is 0 Å². The first kappa shape index (κ1) is 19.3. The van der Waals surface area contributed by atoms with Gasteiger partial charge in [0.05, 0.1) is 6.04 Å². The summed E-state index contributed by atoms with van der Waals surface area (Å²) in [5.74, 6) is 0.0564. The van der Waals surface area contributed by atoms with Crippen molar-refractivity contribution in [2.24, 2.45) is 0 Å². The Balaban J connectivity index is 0.00000208. The van der Waals surface area contributed by atoms with Crippen LogP contribution in [0.2, 0.25) is 10.0 Å². The van der Waals surface area contributed by atoms with Gasteiger partial charge in [0, 0.05) is 41.8 Å².